The molecule has 0 aliphatic carbocycles. The van der Waals surface area contributed by atoms with Crippen molar-refractivity contribution >= 4 is 29.4 Å². The van der Waals surface area contributed by atoms with Gasteiger partial charge in [-0.25, -0.2) is 14.8 Å². The molecule has 0 spiro atoms. The number of amides is 2. The maximum atomic E-state index is 12.7. The van der Waals surface area contributed by atoms with E-state index >= 15 is 0 Å². The molecule has 2 atom stereocenters. The predicted octanol–water partition coefficient (Wildman–Crippen LogP) is 4.39. The molecule has 1 fully saturated rings. The van der Waals surface area contributed by atoms with Gasteiger partial charge in [-0.3, -0.25) is 4.90 Å². The zero-order valence-corrected chi connectivity index (χ0v) is 20.1. The molecule has 174 valence electrons. The van der Waals surface area contributed by atoms with E-state index in [9.17, 15) is 4.79 Å². The number of ether oxygens (including phenoxy) is 1. The number of urea groups is 1. The van der Waals surface area contributed by atoms with Crippen LogP contribution in [-0.4, -0.2) is 57.2 Å². The average molecular weight is 470 g/mol. The number of nitrogens with zero attached hydrogens (tertiary/aromatic N) is 6. The fourth-order valence-electron chi connectivity index (χ4n) is 3.88. The summed E-state index contributed by atoms with van der Waals surface area (Å²) in [5, 5.41) is 3.85. The summed E-state index contributed by atoms with van der Waals surface area (Å²) in [5.41, 5.74) is 1.70. The Labute approximate surface area is 198 Å². The molecule has 2 amide bonds. The highest BCUT2D eigenvalue weighted by Crippen LogP contribution is 2.29. The van der Waals surface area contributed by atoms with Gasteiger partial charge in [0.05, 0.1) is 41.9 Å². The Morgan fingerprint density at radius 3 is 2.73 bits per heavy atom. The number of methoxy groups -OCH3 is 1. The predicted molar refractivity (Wildman–Crippen MR) is 128 cm³/mol. The second-order valence-corrected chi connectivity index (χ2v) is 8.88. The number of hydrogen-bond acceptors (Lipinski definition) is 6. The number of carbonyl (C=O) groups is 1. The third-order valence-corrected chi connectivity index (χ3v) is 6.12. The van der Waals surface area contributed by atoms with Crippen LogP contribution in [0.3, 0.4) is 0 Å². The van der Waals surface area contributed by atoms with Gasteiger partial charge in [0.1, 0.15) is 11.6 Å². The van der Waals surface area contributed by atoms with Gasteiger partial charge in [0.2, 0.25) is 5.95 Å². The molecule has 0 radical (unpaired) electrons. The zero-order valence-electron chi connectivity index (χ0n) is 19.4. The van der Waals surface area contributed by atoms with Crippen molar-refractivity contribution in [3.63, 3.8) is 0 Å². The van der Waals surface area contributed by atoms with Crippen LogP contribution in [0.25, 0.3) is 5.69 Å². The van der Waals surface area contributed by atoms with Crippen molar-refractivity contribution in [1.82, 2.24) is 24.4 Å². The number of nitrogens with one attached hydrogen (secondary N) is 1. The highest BCUT2D eigenvalue weighted by molar-refractivity contribution is 6.32. The second-order valence-electron chi connectivity index (χ2n) is 8.47. The van der Waals surface area contributed by atoms with Gasteiger partial charge in [-0.1, -0.05) is 25.4 Å². The van der Waals surface area contributed by atoms with Crippen LogP contribution in [0.4, 0.5) is 16.6 Å². The lowest BCUT2D eigenvalue weighted by atomic mass is 10.0. The Morgan fingerprint density at radius 2 is 2.00 bits per heavy atom. The van der Waals surface area contributed by atoms with Crippen LogP contribution >= 0.6 is 11.6 Å². The van der Waals surface area contributed by atoms with Crippen LogP contribution in [0.2, 0.25) is 5.02 Å². The topological polar surface area (TPSA) is 88.4 Å². The van der Waals surface area contributed by atoms with Crippen LogP contribution < -0.4 is 15.0 Å². The number of anilines is 2. The molecule has 1 aliphatic rings. The molecule has 1 aliphatic heterocycles. The quantitative estimate of drug-likeness (QED) is 0.552. The highest BCUT2D eigenvalue weighted by Gasteiger charge is 2.38. The van der Waals surface area contributed by atoms with E-state index in [4.69, 9.17) is 16.3 Å². The first kappa shape index (κ1) is 22.8. The van der Waals surface area contributed by atoms with Crippen molar-refractivity contribution in [1.29, 1.82) is 0 Å². The summed E-state index contributed by atoms with van der Waals surface area (Å²) >= 11 is 6.13. The minimum absolute atomic E-state index is 0.0523. The minimum Gasteiger partial charge on any atom is -0.495 e. The Bertz CT molecular complexity index is 1150. The summed E-state index contributed by atoms with van der Waals surface area (Å²) in [5.74, 6) is 1.93. The molecule has 0 saturated carbocycles. The first-order valence-corrected chi connectivity index (χ1v) is 11.2. The first-order chi connectivity index (χ1) is 15.8. The third-order valence-electron chi connectivity index (χ3n) is 5.81. The fraction of sp³-hybridized carbons (Fsp3) is 0.391. The zero-order chi connectivity index (χ0) is 23.7. The molecule has 3 heterocycles. The molecule has 0 bridgehead atoms. The maximum Gasteiger partial charge on any atom is 0.325 e. The SMILES string of the molecule is COc1cc(-n2cnc(C(C)Nc3nccc(N4C(=O)N(C)C[C@@H]4C(C)C)n3)c2)ccc1Cl. The van der Waals surface area contributed by atoms with Gasteiger partial charge in [-0.15, -0.1) is 0 Å². The van der Waals surface area contributed by atoms with Crippen molar-refractivity contribution < 1.29 is 9.53 Å². The van der Waals surface area contributed by atoms with Crippen LogP contribution in [0.15, 0.2) is 43.0 Å². The number of halogens is 1. The molecule has 2 aromatic heterocycles. The lowest BCUT2D eigenvalue weighted by molar-refractivity contribution is 0.229. The van der Waals surface area contributed by atoms with E-state index in [1.165, 1.54) is 0 Å². The molecule has 1 N–H and O–H groups in total. The summed E-state index contributed by atoms with van der Waals surface area (Å²) < 4.78 is 7.20. The second kappa shape index (κ2) is 9.27. The van der Waals surface area contributed by atoms with Gasteiger partial charge in [-0.05, 0) is 31.0 Å². The smallest absolute Gasteiger partial charge is 0.325 e. The summed E-state index contributed by atoms with van der Waals surface area (Å²) in [6.07, 6.45) is 5.33. The molecule has 10 heteroatoms. The van der Waals surface area contributed by atoms with Gasteiger partial charge < -0.3 is 19.5 Å². The standard InChI is InChI=1S/C23H28ClN7O2/c1-14(2)19-12-29(4)23(32)31(19)21-8-9-25-22(28-21)27-15(3)18-11-30(13-26-18)16-6-7-17(24)20(10-16)33-5/h6-11,13-15,19H,12H2,1-5H3,(H,25,27,28)/t15?,19-/m1/s1. The molecular formula is C23H28ClN7O2. The summed E-state index contributed by atoms with van der Waals surface area (Å²) in [4.78, 5) is 29.7. The van der Waals surface area contributed by atoms with Crippen LogP contribution in [0.1, 0.15) is 32.5 Å². The number of imidazole rings is 1. The summed E-state index contributed by atoms with van der Waals surface area (Å²) in [6, 6.07) is 7.17. The number of hydrogen-bond donors (Lipinski definition) is 1. The first-order valence-electron chi connectivity index (χ1n) is 10.8. The van der Waals surface area contributed by atoms with Crippen molar-refractivity contribution in [2.45, 2.75) is 32.9 Å². The summed E-state index contributed by atoms with van der Waals surface area (Å²) in [7, 11) is 3.40. The van der Waals surface area contributed by atoms with Crippen molar-refractivity contribution in [3.05, 3.63) is 53.7 Å². The van der Waals surface area contributed by atoms with Crippen molar-refractivity contribution in [2.75, 3.05) is 30.9 Å². The van der Waals surface area contributed by atoms with E-state index < -0.39 is 0 Å². The van der Waals surface area contributed by atoms with E-state index in [1.54, 1.807) is 41.6 Å². The van der Waals surface area contributed by atoms with Crippen molar-refractivity contribution in [2.24, 2.45) is 5.92 Å². The molecule has 33 heavy (non-hydrogen) atoms. The Balaban J connectivity index is 1.52. The van der Waals surface area contributed by atoms with E-state index in [0.717, 1.165) is 11.4 Å². The molecule has 9 nitrogen and oxygen atoms in total. The van der Waals surface area contributed by atoms with Crippen molar-refractivity contribution in [3.8, 4) is 11.4 Å². The molecular weight excluding hydrogens is 442 g/mol. The molecule has 1 unspecified atom stereocenters. The fourth-order valence-corrected chi connectivity index (χ4v) is 4.07. The Hall–Kier alpha value is -3.33. The number of carbonyl (C=O) groups excluding carboxylic acids is 1. The Morgan fingerprint density at radius 1 is 1.21 bits per heavy atom. The average Bonchev–Trinajstić information content (AvgIpc) is 3.40. The molecule has 1 aromatic carbocycles. The van der Waals surface area contributed by atoms with Crippen LogP contribution in [0.5, 0.6) is 5.75 Å². The van der Waals surface area contributed by atoms with Gasteiger partial charge in [0.15, 0.2) is 0 Å². The monoisotopic (exact) mass is 469 g/mol. The number of likely N-dealkylation sites (N-methyl/N-ethyl adjacent to an activating group) is 1. The number of rotatable bonds is 7. The van der Waals surface area contributed by atoms with Gasteiger partial charge in [-0.2, -0.15) is 4.98 Å². The lowest BCUT2D eigenvalue weighted by Gasteiger charge is -2.25. The molecule has 4 rings (SSSR count). The van der Waals surface area contributed by atoms with E-state index in [2.05, 4.69) is 34.1 Å². The van der Waals surface area contributed by atoms with E-state index in [1.807, 2.05) is 36.9 Å². The number of benzene rings is 1. The van der Waals surface area contributed by atoms with Crippen LogP contribution in [0, 0.1) is 5.92 Å². The third kappa shape index (κ3) is 4.59. The van der Waals surface area contributed by atoms with E-state index in [0.29, 0.717) is 35.0 Å². The Kier molecular flexibility index (Phi) is 6.42. The maximum absolute atomic E-state index is 12.7. The molecule has 3 aromatic rings. The van der Waals surface area contributed by atoms with Crippen LogP contribution in [-0.2, 0) is 0 Å². The minimum atomic E-state index is -0.159. The largest absolute Gasteiger partial charge is 0.495 e. The highest BCUT2D eigenvalue weighted by atomic mass is 35.5. The number of aromatic nitrogens is 4. The van der Waals surface area contributed by atoms with Gasteiger partial charge >= 0.3 is 6.03 Å². The lowest BCUT2D eigenvalue weighted by Crippen LogP contribution is -2.38. The van der Waals surface area contributed by atoms with Gasteiger partial charge in [0.25, 0.3) is 0 Å². The summed E-state index contributed by atoms with van der Waals surface area (Å²) in [6.45, 7) is 6.88. The van der Waals surface area contributed by atoms with E-state index in [-0.39, 0.29) is 18.1 Å². The van der Waals surface area contributed by atoms with Gasteiger partial charge in [0, 0.05) is 32.1 Å². The molecule has 1 saturated heterocycles. The normalized spacial score (nSPS) is 17.1.